The highest BCUT2D eigenvalue weighted by Gasteiger charge is 2.12. The lowest BCUT2D eigenvalue weighted by molar-refractivity contribution is 1.08. The SMILES string of the molecule is Cc1ccc(C)c(-n2c(N)nc3ccc(C#N)cc32)c1. The van der Waals surface area contributed by atoms with E-state index in [-0.39, 0.29) is 0 Å². The van der Waals surface area contributed by atoms with Gasteiger partial charge in [-0.05, 0) is 49.2 Å². The highest BCUT2D eigenvalue weighted by Crippen LogP contribution is 2.26. The minimum Gasteiger partial charge on any atom is -0.369 e. The second-order valence-corrected chi connectivity index (χ2v) is 4.91. The molecule has 0 saturated heterocycles. The average Bonchev–Trinajstić information content (AvgIpc) is 2.76. The number of imidazole rings is 1. The Morgan fingerprint density at radius 2 is 1.95 bits per heavy atom. The van der Waals surface area contributed by atoms with Gasteiger partial charge in [0.1, 0.15) is 0 Å². The molecule has 98 valence electrons. The fourth-order valence-corrected chi connectivity index (χ4v) is 2.38. The van der Waals surface area contributed by atoms with E-state index in [1.807, 2.05) is 30.5 Å². The van der Waals surface area contributed by atoms with Crippen molar-refractivity contribution < 1.29 is 0 Å². The third-order valence-corrected chi connectivity index (χ3v) is 3.42. The number of hydrogen-bond donors (Lipinski definition) is 1. The Balaban J connectivity index is 2.38. The quantitative estimate of drug-likeness (QED) is 0.732. The Hall–Kier alpha value is -2.80. The van der Waals surface area contributed by atoms with Crippen LogP contribution in [0.5, 0.6) is 0 Å². The molecule has 0 aliphatic rings. The maximum absolute atomic E-state index is 9.05. The summed E-state index contributed by atoms with van der Waals surface area (Å²) in [5, 5.41) is 9.05. The van der Waals surface area contributed by atoms with Gasteiger partial charge < -0.3 is 5.73 Å². The van der Waals surface area contributed by atoms with E-state index in [4.69, 9.17) is 11.0 Å². The molecule has 0 unspecified atom stereocenters. The van der Waals surface area contributed by atoms with Crippen LogP contribution in [0.25, 0.3) is 16.7 Å². The fraction of sp³-hybridized carbons (Fsp3) is 0.125. The summed E-state index contributed by atoms with van der Waals surface area (Å²) >= 11 is 0. The highest BCUT2D eigenvalue weighted by molar-refractivity contribution is 5.82. The third kappa shape index (κ3) is 1.81. The van der Waals surface area contributed by atoms with Crippen LogP contribution in [0.4, 0.5) is 5.95 Å². The van der Waals surface area contributed by atoms with E-state index >= 15 is 0 Å². The van der Waals surface area contributed by atoms with Gasteiger partial charge in [0, 0.05) is 0 Å². The van der Waals surface area contributed by atoms with Crippen LogP contribution in [0.1, 0.15) is 16.7 Å². The number of nitrogens with two attached hydrogens (primary N) is 1. The van der Waals surface area contributed by atoms with Crippen molar-refractivity contribution in [1.29, 1.82) is 5.26 Å². The molecule has 1 aromatic heterocycles. The largest absolute Gasteiger partial charge is 0.369 e. The van der Waals surface area contributed by atoms with Crippen LogP contribution in [0.2, 0.25) is 0 Å². The predicted octanol–water partition coefficient (Wildman–Crippen LogP) is 3.10. The Morgan fingerprint density at radius 1 is 1.15 bits per heavy atom. The van der Waals surface area contributed by atoms with Crippen molar-refractivity contribution in [1.82, 2.24) is 9.55 Å². The van der Waals surface area contributed by atoms with E-state index in [2.05, 4.69) is 29.3 Å². The van der Waals surface area contributed by atoms with E-state index in [0.717, 1.165) is 27.8 Å². The Bertz CT molecular complexity index is 853. The average molecular weight is 262 g/mol. The van der Waals surface area contributed by atoms with Crippen LogP contribution < -0.4 is 5.73 Å². The van der Waals surface area contributed by atoms with Crippen molar-refractivity contribution in [3.05, 3.63) is 53.1 Å². The van der Waals surface area contributed by atoms with Gasteiger partial charge >= 0.3 is 0 Å². The number of aryl methyl sites for hydroxylation is 2. The first-order valence-corrected chi connectivity index (χ1v) is 6.36. The van der Waals surface area contributed by atoms with E-state index in [0.29, 0.717) is 11.5 Å². The van der Waals surface area contributed by atoms with Gasteiger partial charge in [0.25, 0.3) is 0 Å². The first-order valence-electron chi connectivity index (χ1n) is 6.36. The van der Waals surface area contributed by atoms with Crippen LogP contribution in [0.3, 0.4) is 0 Å². The van der Waals surface area contributed by atoms with Gasteiger partial charge in [0.15, 0.2) is 0 Å². The first kappa shape index (κ1) is 12.2. The van der Waals surface area contributed by atoms with Crippen molar-refractivity contribution >= 4 is 17.0 Å². The zero-order valence-electron chi connectivity index (χ0n) is 11.4. The van der Waals surface area contributed by atoms with Crippen LogP contribution in [-0.4, -0.2) is 9.55 Å². The molecule has 3 aromatic rings. The molecule has 3 rings (SSSR count). The monoisotopic (exact) mass is 262 g/mol. The Labute approximate surface area is 117 Å². The van der Waals surface area contributed by atoms with Gasteiger partial charge in [0.2, 0.25) is 5.95 Å². The van der Waals surface area contributed by atoms with Crippen molar-refractivity contribution in [2.24, 2.45) is 0 Å². The lowest BCUT2D eigenvalue weighted by atomic mass is 10.1. The number of aromatic nitrogens is 2. The molecule has 0 spiro atoms. The van der Waals surface area contributed by atoms with Gasteiger partial charge in [-0.2, -0.15) is 5.26 Å². The van der Waals surface area contributed by atoms with Crippen molar-refractivity contribution in [3.63, 3.8) is 0 Å². The molecule has 4 nitrogen and oxygen atoms in total. The molecule has 0 bridgehead atoms. The number of benzene rings is 2. The van der Waals surface area contributed by atoms with Crippen LogP contribution in [0, 0.1) is 25.2 Å². The molecule has 0 atom stereocenters. The van der Waals surface area contributed by atoms with Crippen LogP contribution in [-0.2, 0) is 0 Å². The summed E-state index contributed by atoms with van der Waals surface area (Å²) in [5.74, 6) is 0.434. The van der Waals surface area contributed by atoms with E-state index in [1.54, 1.807) is 6.07 Å². The molecule has 2 aromatic carbocycles. The number of nitrogen functional groups attached to an aromatic ring is 1. The number of rotatable bonds is 1. The molecule has 0 fully saturated rings. The van der Waals surface area contributed by atoms with Crippen molar-refractivity contribution in [3.8, 4) is 11.8 Å². The molecule has 2 N–H and O–H groups in total. The summed E-state index contributed by atoms with van der Waals surface area (Å²) < 4.78 is 1.90. The summed E-state index contributed by atoms with van der Waals surface area (Å²) in [6, 6.07) is 13.7. The van der Waals surface area contributed by atoms with Gasteiger partial charge in [-0.15, -0.1) is 0 Å². The molecular weight excluding hydrogens is 248 g/mol. The summed E-state index contributed by atoms with van der Waals surface area (Å²) in [4.78, 5) is 4.37. The molecular formula is C16H14N4. The Kier molecular flexibility index (Phi) is 2.69. The second kappa shape index (κ2) is 4.39. The molecule has 4 heteroatoms. The second-order valence-electron chi connectivity index (χ2n) is 4.91. The lowest BCUT2D eigenvalue weighted by Crippen LogP contribution is -2.03. The number of nitriles is 1. The van der Waals surface area contributed by atoms with Crippen LogP contribution >= 0.6 is 0 Å². The minimum atomic E-state index is 0.434. The summed E-state index contributed by atoms with van der Waals surface area (Å²) in [6.07, 6.45) is 0. The topological polar surface area (TPSA) is 67.6 Å². The first-order chi connectivity index (χ1) is 9.60. The molecule has 0 aliphatic heterocycles. The molecule has 0 saturated carbocycles. The van der Waals surface area contributed by atoms with E-state index in [1.165, 1.54) is 0 Å². The lowest BCUT2D eigenvalue weighted by Gasteiger charge is -2.11. The fourth-order valence-electron chi connectivity index (χ4n) is 2.38. The van der Waals surface area contributed by atoms with Crippen LogP contribution in [0.15, 0.2) is 36.4 Å². The summed E-state index contributed by atoms with van der Waals surface area (Å²) in [7, 11) is 0. The van der Waals surface area contributed by atoms with Gasteiger partial charge in [-0.3, -0.25) is 4.57 Å². The summed E-state index contributed by atoms with van der Waals surface area (Å²) in [5.41, 5.74) is 11.6. The summed E-state index contributed by atoms with van der Waals surface area (Å²) in [6.45, 7) is 4.08. The standard InChI is InChI=1S/C16H14N4/c1-10-3-4-11(2)14(7-10)20-15-8-12(9-17)5-6-13(15)19-16(20)18/h3-8H,1-2H3,(H2,18,19). The number of fused-ring (bicyclic) bond motifs is 1. The smallest absolute Gasteiger partial charge is 0.205 e. The van der Waals surface area contributed by atoms with Gasteiger partial charge in [0.05, 0.1) is 28.4 Å². The van der Waals surface area contributed by atoms with E-state index < -0.39 is 0 Å². The Morgan fingerprint density at radius 3 is 2.70 bits per heavy atom. The molecule has 1 heterocycles. The zero-order valence-corrected chi connectivity index (χ0v) is 11.4. The maximum Gasteiger partial charge on any atom is 0.205 e. The molecule has 20 heavy (non-hydrogen) atoms. The number of hydrogen-bond acceptors (Lipinski definition) is 3. The van der Waals surface area contributed by atoms with Gasteiger partial charge in [-0.1, -0.05) is 12.1 Å². The van der Waals surface area contributed by atoms with Gasteiger partial charge in [-0.25, -0.2) is 4.98 Å². The maximum atomic E-state index is 9.05. The zero-order chi connectivity index (χ0) is 14.3. The molecule has 0 amide bonds. The molecule has 0 radical (unpaired) electrons. The normalized spacial score (nSPS) is 10.7. The highest BCUT2D eigenvalue weighted by atomic mass is 15.2. The van der Waals surface area contributed by atoms with Crippen molar-refractivity contribution in [2.75, 3.05) is 5.73 Å². The third-order valence-electron chi connectivity index (χ3n) is 3.42. The number of anilines is 1. The minimum absolute atomic E-state index is 0.434. The predicted molar refractivity (Wildman–Crippen MR) is 79.7 cm³/mol. The van der Waals surface area contributed by atoms with Crippen molar-refractivity contribution in [2.45, 2.75) is 13.8 Å². The van der Waals surface area contributed by atoms with E-state index in [9.17, 15) is 0 Å². The number of nitrogens with zero attached hydrogens (tertiary/aromatic N) is 3. The molecule has 0 aliphatic carbocycles.